The van der Waals surface area contributed by atoms with Gasteiger partial charge in [0.15, 0.2) is 5.96 Å². The van der Waals surface area contributed by atoms with Gasteiger partial charge in [0, 0.05) is 44.1 Å². The predicted octanol–water partition coefficient (Wildman–Crippen LogP) is 4.56. The lowest BCUT2D eigenvalue weighted by molar-refractivity contribution is 0.122. The molecule has 6 nitrogen and oxygen atoms in total. The zero-order valence-corrected chi connectivity index (χ0v) is 22.3. The van der Waals surface area contributed by atoms with Crippen molar-refractivity contribution in [2.24, 2.45) is 4.99 Å². The molecule has 4 rings (SSSR count). The van der Waals surface area contributed by atoms with Crippen molar-refractivity contribution in [2.45, 2.75) is 39.3 Å². The number of morpholine rings is 1. The van der Waals surface area contributed by atoms with Crippen LogP contribution in [0.5, 0.6) is 0 Å². The summed E-state index contributed by atoms with van der Waals surface area (Å²) >= 11 is 0. The maximum atomic E-state index is 5.53. The van der Waals surface area contributed by atoms with E-state index < -0.39 is 0 Å². The average Bonchev–Trinajstić information content (AvgIpc) is 3.39. The maximum Gasteiger partial charge on any atom is 0.192 e. The van der Waals surface area contributed by atoms with Crippen molar-refractivity contribution >= 4 is 41.3 Å². The minimum atomic E-state index is 0. The van der Waals surface area contributed by atoms with Gasteiger partial charge in [-0.3, -0.25) is 0 Å². The van der Waals surface area contributed by atoms with Crippen LogP contribution in [0.25, 0.3) is 0 Å². The summed E-state index contributed by atoms with van der Waals surface area (Å²) in [6.45, 7) is 11.6. The SMILES string of the molecule is CCNC(=NCc1ccccc1N1CCOCC1)NC(C)c1cccc(N2CCCC2)c1.I. The Morgan fingerprint density at radius 2 is 1.76 bits per heavy atom. The summed E-state index contributed by atoms with van der Waals surface area (Å²) in [5.41, 5.74) is 5.13. The normalized spacial score (nSPS) is 17.5. The molecule has 2 saturated heterocycles. The fourth-order valence-corrected chi connectivity index (χ4v) is 4.50. The highest BCUT2D eigenvalue weighted by Crippen LogP contribution is 2.25. The monoisotopic (exact) mass is 563 g/mol. The predicted molar refractivity (Wildman–Crippen MR) is 149 cm³/mol. The second kappa shape index (κ2) is 13.0. The third-order valence-electron chi connectivity index (χ3n) is 6.29. The van der Waals surface area contributed by atoms with Crippen molar-refractivity contribution in [2.75, 3.05) is 55.7 Å². The van der Waals surface area contributed by atoms with E-state index in [1.807, 2.05) is 0 Å². The van der Waals surface area contributed by atoms with Gasteiger partial charge in [-0.05, 0) is 56.0 Å². The molecule has 0 aromatic heterocycles. The van der Waals surface area contributed by atoms with Gasteiger partial charge in [0.05, 0.1) is 25.8 Å². The van der Waals surface area contributed by atoms with E-state index >= 15 is 0 Å². The molecule has 2 aromatic rings. The van der Waals surface area contributed by atoms with E-state index in [-0.39, 0.29) is 30.0 Å². The Morgan fingerprint density at radius 1 is 1.00 bits per heavy atom. The molecule has 2 fully saturated rings. The zero-order chi connectivity index (χ0) is 22.2. The summed E-state index contributed by atoms with van der Waals surface area (Å²) in [7, 11) is 0. The summed E-state index contributed by atoms with van der Waals surface area (Å²) in [5.74, 6) is 0.850. The van der Waals surface area contributed by atoms with Crippen molar-refractivity contribution in [1.29, 1.82) is 0 Å². The lowest BCUT2D eigenvalue weighted by Crippen LogP contribution is -2.39. The molecule has 0 saturated carbocycles. The quantitative estimate of drug-likeness (QED) is 0.294. The highest BCUT2D eigenvalue weighted by atomic mass is 127. The standard InChI is InChI=1S/C26H37N5O.HI/c1-3-27-26(28-20-23-9-4-5-12-25(23)31-15-17-32-18-16-31)29-21(2)22-10-8-11-24(19-22)30-13-6-7-14-30;/h4-5,8-12,19,21H,3,6-7,13-18,20H2,1-2H3,(H2,27,28,29);1H. The van der Waals surface area contributed by atoms with Crippen LogP contribution < -0.4 is 20.4 Å². The van der Waals surface area contributed by atoms with Crippen molar-refractivity contribution in [3.05, 3.63) is 59.7 Å². The van der Waals surface area contributed by atoms with Gasteiger partial charge in [-0.15, -0.1) is 24.0 Å². The molecule has 2 heterocycles. The number of nitrogens with one attached hydrogen (secondary N) is 2. The molecule has 1 atom stereocenters. The first-order chi connectivity index (χ1) is 15.7. The molecule has 7 heteroatoms. The summed E-state index contributed by atoms with van der Waals surface area (Å²) in [6.07, 6.45) is 2.59. The molecule has 33 heavy (non-hydrogen) atoms. The number of hydrogen-bond acceptors (Lipinski definition) is 4. The third kappa shape index (κ3) is 6.99. The molecule has 0 aliphatic carbocycles. The van der Waals surface area contributed by atoms with Gasteiger partial charge in [-0.25, -0.2) is 4.99 Å². The molecule has 0 bridgehead atoms. The second-order valence-electron chi connectivity index (χ2n) is 8.58. The Hall–Kier alpha value is -2.00. The molecule has 1 unspecified atom stereocenters. The van der Waals surface area contributed by atoms with Crippen LogP contribution in [0.2, 0.25) is 0 Å². The molecular formula is C26H38IN5O. The zero-order valence-electron chi connectivity index (χ0n) is 19.9. The van der Waals surface area contributed by atoms with Gasteiger partial charge >= 0.3 is 0 Å². The van der Waals surface area contributed by atoms with E-state index in [0.717, 1.165) is 51.9 Å². The fourth-order valence-electron chi connectivity index (χ4n) is 4.50. The summed E-state index contributed by atoms with van der Waals surface area (Å²) < 4.78 is 5.53. The molecule has 0 radical (unpaired) electrons. The number of rotatable bonds is 7. The first-order valence-electron chi connectivity index (χ1n) is 12.0. The number of halogens is 1. The first-order valence-corrected chi connectivity index (χ1v) is 12.0. The van der Waals surface area contributed by atoms with Crippen LogP contribution in [0.1, 0.15) is 43.9 Å². The van der Waals surface area contributed by atoms with Crippen LogP contribution in [-0.2, 0) is 11.3 Å². The van der Waals surface area contributed by atoms with Gasteiger partial charge in [0.25, 0.3) is 0 Å². The summed E-state index contributed by atoms with van der Waals surface area (Å²) in [6, 6.07) is 17.7. The number of guanidine groups is 1. The molecule has 2 aromatic carbocycles. The number of nitrogens with zero attached hydrogens (tertiary/aromatic N) is 3. The number of aliphatic imine (C=N–C) groups is 1. The van der Waals surface area contributed by atoms with E-state index in [1.54, 1.807) is 0 Å². The van der Waals surface area contributed by atoms with Crippen molar-refractivity contribution in [3.8, 4) is 0 Å². The van der Waals surface area contributed by atoms with Crippen LogP contribution in [0.3, 0.4) is 0 Å². The number of benzene rings is 2. The largest absolute Gasteiger partial charge is 0.378 e. The van der Waals surface area contributed by atoms with Crippen LogP contribution >= 0.6 is 24.0 Å². The Morgan fingerprint density at radius 3 is 2.52 bits per heavy atom. The van der Waals surface area contributed by atoms with E-state index in [1.165, 1.54) is 35.3 Å². The van der Waals surface area contributed by atoms with Crippen molar-refractivity contribution < 1.29 is 4.74 Å². The third-order valence-corrected chi connectivity index (χ3v) is 6.29. The molecule has 0 spiro atoms. The molecule has 2 aliphatic heterocycles. The molecule has 2 aliphatic rings. The summed E-state index contributed by atoms with van der Waals surface area (Å²) in [5, 5.41) is 7.03. The molecule has 0 amide bonds. The minimum absolute atomic E-state index is 0. The molecule has 2 N–H and O–H groups in total. The highest BCUT2D eigenvalue weighted by molar-refractivity contribution is 14.0. The van der Waals surface area contributed by atoms with E-state index in [0.29, 0.717) is 6.54 Å². The van der Waals surface area contributed by atoms with Gasteiger partial charge < -0.3 is 25.2 Å². The lowest BCUT2D eigenvalue weighted by Gasteiger charge is -2.30. The van der Waals surface area contributed by atoms with E-state index in [9.17, 15) is 0 Å². The Balaban J connectivity index is 0.00000306. The van der Waals surface area contributed by atoms with E-state index in [4.69, 9.17) is 9.73 Å². The fraction of sp³-hybridized carbons (Fsp3) is 0.500. The Kier molecular flexibility index (Phi) is 10.1. The topological polar surface area (TPSA) is 52.1 Å². The van der Waals surface area contributed by atoms with Crippen LogP contribution in [-0.4, -0.2) is 51.9 Å². The highest BCUT2D eigenvalue weighted by Gasteiger charge is 2.16. The summed E-state index contributed by atoms with van der Waals surface area (Å²) in [4.78, 5) is 9.82. The van der Waals surface area contributed by atoms with Gasteiger partial charge in [0.1, 0.15) is 0 Å². The second-order valence-corrected chi connectivity index (χ2v) is 8.58. The number of anilines is 2. The van der Waals surface area contributed by atoms with Gasteiger partial charge in [-0.2, -0.15) is 0 Å². The van der Waals surface area contributed by atoms with Crippen LogP contribution in [0, 0.1) is 0 Å². The van der Waals surface area contributed by atoms with Gasteiger partial charge in [0.2, 0.25) is 0 Å². The molecular weight excluding hydrogens is 525 g/mol. The van der Waals surface area contributed by atoms with E-state index in [2.05, 4.69) is 82.8 Å². The lowest BCUT2D eigenvalue weighted by atomic mass is 10.1. The smallest absolute Gasteiger partial charge is 0.192 e. The number of ether oxygens (including phenoxy) is 1. The Labute approximate surface area is 215 Å². The van der Waals surface area contributed by atoms with Crippen molar-refractivity contribution in [3.63, 3.8) is 0 Å². The first kappa shape index (κ1) is 25.6. The Bertz CT molecular complexity index is 894. The molecule has 180 valence electrons. The maximum absolute atomic E-state index is 5.53. The van der Waals surface area contributed by atoms with Crippen LogP contribution in [0.4, 0.5) is 11.4 Å². The minimum Gasteiger partial charge on any atom is -0.378 e. The average molecular weight is 564 g/mol. The number of para-hydroxylation sites is 1. The van der Waals surface area contributed by atoms with Gasteiger partial charge in [-0.1, -0.05) is 30.3 Å². The number of hydrogen-bond donors (Lipinski definition) is 2. The van der Waals surface area contributed by atoms with Crippen LogP contribution in [0.15, 0.2) is 53.5 Å². The van der Waals surface area contributed by atoms with Crippen molar-refractivity contribution in [1.82, 2.24) is 10.6 Å².